The Balaban J connectivity index is 1.25. The molecule has 5 rings (SSSR count). The number of rotatable bonds is 3. The summed E-state index contributed by atoms with van der Waals surface area (Å²) in [6.07, 6.45) is 8.05. The number of nitrogens with two attached hydrogens (primary N) is 2. The van der Waals surface area contributed by atoms with E-state index in [0.717, 1.165) is 41.7 Å². The maximum atomic E-state index is 14.0. The van der Waals surface area contributed by atoms with E-state index in [2.05, 4.69) is 25.0 Å². The third-order valence-corrected chi connectivity index (χ3v) is 7.53. The normalized spacial score (nSPS) is 20.0. The van der Waals surface area contributed by atoms with E-state index >= 15 is 0 Å². The van der Waals surface area contributed by atoms with Crippen molar-refractivity contribution in [2.45, 2.75) is 35.3 Å². The van der Waals surface area contributed by atoms with Crippen LogP contribution < -0.4 is 16.4 Å². The summed E-state index contributed by atoms with van der Waals surface area (Å²) >= 11 is 7.59. The van der Waals surface area contributed by atoms with Gasteiger partial charge in [-0.2, -0.15) is 5.10 Å². The lowest BCUT2D eigenvalue weighted by Gasteiger charge is -2.41. The van der Waals surface area contributed by atoms with Crippen LogP contribution in [-0.2, 0) is 6.54 Å². The van der Waals surface area contributed by atoms with Crippen LogP contribution in [0.15, 0.2) is 40.8 Å². The third kappa shape index (κ3) is 3.19. The number of pyridine rings is 1. The minimum absolute atomic E-state index is 0.151. The van der Waals surface area contributed by atoms with Crippen LogP contribution in [0.25, 0.3) is 0 Å². The number of anilines is 2. The fourth-order valence-electron chi connectivity index (χ4n) is 4.30. The minimum Gasteiger partial charge on any atom is -0.382 e. The first-order valence-electron chi connectivity index (χ1n) is 9.58. The summed E-state index contributed by atoms with van der Waals surface area (Å²) in [6, 6.07) is 1.46. The summed E-state index contributed by atoms with van der Waals surface area (Å²) in [5.41, 5.74) is 12.6. The van der Waals surface area contributed by atoms with Crippen LogP contribution in [0.1, 0.15) is 24.6 Å². The van der Waals surface area contributed by atoms with E-state index in [1.54, 1.807) is 29.3 Å². The predicted octanol–water partition coefficient (Wildman–Crippen LogP) is 2.89. The number of piperidine rings is 1. The highest BCUT2D eigenvalue weighted by atomic mass is 35.5. The Morgan fingerprint density at radius 2 is 1.97 bits per heavy atom. The molecule has 156 valence electrons. The average molecular weight is 447 g/mol. The monoisotopic (exact) mass is 446 g/mol. The van der Waals surface area contributed by atoms with Gasteiger partial charge in [0.15, 0.2) is 5.82 Å². The standard InChI is InChI=1S/C19H20ClFN8S/c20-15-12(1-4-24-18(15)23)30-14-9-25-13(8-26-14)28-5-2-19(3-6-28)10-29-16(17(19)22)11(21)7-27-29/h1,4,7-9,17H,2-3,5-6,10,22H2,(H2,23,24)/t17-/m1/s1. The first-order chi connectivity index (χ1) is 14.5. The molecule has 0 aromatic carbocycles. The van der Waals surface area contributed by atoms with Crippen LogP contribution in [0, 0.1) is 11.2 Å². The number of nitrogen functional groups attached to an aromatic ring is 1. The second-order valence-electron chi connectivity index (χ2n) is 7.69. The average Bonchev–Trinajstić information content (AvgIpc) is 3.24. The molecule has 0 unspecified atom stereocenters. The lowest BCUT2D eigenvalue weighted by atomic mass is 9.73. The Kier molecular flexibility index (Phi) is 4.79. The zero-order valence-corrected chi connectivity index (χ0v) is 17.6. The zero-order valence-electron chi connectivity index (χ0n) is 16.0. The molecule has 2 aliphatic heterocycles. The lowest BCUT2D eigenvalue weighted by Crippen LogP contribution is -2.45. The summed E-state index contributed by atoms with van der Waals surface area (Å²) in [5.74, 6) is 0.794. The zero-order chi connectivity index (χ0) is 20.9. The molecule has 0 saturated carbocycles. The van der Waals surface area contributed by atoms with Crippen LogP contribution in [0.4, 0.5) is 16.0 Å². The smallest absolute Gasteiger partial charge is 0.165 e. The summed E-state index contributed by atoms with van der Waals surface area (Å²) < 4.78 is 15.7. The first kappa shape index (κ1) is 19.5. The second-order valence-corrected chi connectivity index (χ2v) is 9.13. The van der Waals surface area contributed by atoms with Gasteiger partial charge >= 0.3 is 0 Å². The molecule has 5 heterocycles. The van der Waals surface area contributed by atoms with Crippen molar-refractivity contribution in [1.82, 2.24) is 24.7 Å². The second kappa shape index (κ2) is 7.36. The molecule has 0 amide bonds. The first-order valence-corrected chi connectivity index (χ1v) is 10.8. The van der Waals surface area contributed by atoms with Gasteiger partial charge in [0.2, 0.25) is 0 Å². The SMILES string of the molecule is Nc1nccc(Sc2cnc(N3CCC4(CC3)Cn3ncc(F)c3[C@H]4N)cn2)c1Cl. The van der Waals surface area contributed by atoms with Crippen molar-refractivity contribution in [1.29, 1.82) is 0 Å². The molecule has 0 radical (unpaired) electrons. The maximum absolute atomic E-state index is 14.0. The van der Waals surface area contributed by atoms with E-state index in [1.807, 2.05) is 0 Å². The highest BCUT2D eigenvalue weighted by Gasteiger charge is 2.48. The van der Waals surface area contributed by atoms with Gasteiger partial charge in [0, 0.05) is 36.1 Å². The summed E-state index contributed by atoms with van der Waals surface area (Å²) in [5, 5.41) is 5.27. The molecule has 2 aliphatic rings. The van der Waals surface area contributed by atoms with Crippen LogP contribution in [0.3, 0.4) is 0 Å². The van der Waals surface area contributed by atoms with Crippen LogP contribution in [0.2, 0.25) is 5.02 Å². The quantitative estimate of drug-likeness (QED) is 0.631. The van der Waals surface area contributed by atoms with Crippen molar-refractivity contribution >= 4 is 35.0 Å². The van der Waals surface area contributed by atoms with E-state index in [9.17, 15) is 4.39 Å². The van der Waals surface area contributed by atoms with E-state index in [4.69, 9.17) is 23.1 Å². The number of nitrogens with zero attached hydrogens (tertiary/aromatic N) is 6. The highest BCUT2D eigenvalue weighted by molar-refractivity contribution is 7.99. The van der Waals surface area contributed by atoms with E-state index in [1.165, 1.54) is 18.0 Å². The molecule has 1 fully saturated rings. The number of aromatic nitrogens is 5. The van der Waals surface area contributed by atoms with Gasteiger partial charge in [-0.1, -0.05) is 23.4 Å². The molecule has 30 heavy (non-hydrogen) atoms. The molecule has 0 aliphatic carbocycles. The largest absolute Gasteiger partial charge is 0.382 e. The number of fused-ring (bicyclic) bond motifs is 1. The van der Waals surface area contributed by atoms with Crippen LogP contribution >= 0.6 is 23.4 Å². The molecule has 4 N–H and O–H groups in total. The molecule has 1 spiro atoms. The molecule has 1 atom stereocenters. The van der Waals surface area contributed by atoms with E-state index in [0.29, 0.717) is 23.1 Å². The van der Waals surface area contributed by atoms with Crippen molar-refractivity contribution in [3.63, 3.8) is 0 Å². The molecular formula is C19H20ClFN8S. The van der Waals surface area contributed by atoms with Crippen molar-refractivity contribution in [2.75, 3.05) is 23.7 Å². The van der Waals surface area contributed by atoms with Gasteiger partial charge < -0.3 is 16.4 Å². The topological polar surface area (TPSA) is 112 Å². The summed E-state index contributed by atoms with van der Waals surface area (Å²) in [4.78, 5) is 16.0. The Hall–Kier alpha value is -2.43. The van der Waals surface area contributed by atoms with Crippen LogP contribution in [0.5, 0.6) is 0 Å². The molecule has 11 heteroatoms. The number of hydrogen-bond acceptors (Lipinski definition) is 8. The summed E-state index contributed by atoms with van der Waals surface area (Å²) in [6.45, 7) is 2.24. The van der Waals surface area contributed by atoms with Crippen LogP contribution in [-0.4, -0.2) is 37.8 Å². The van der Waals surface area contributed by atoms with Crippen molar-refractivity contribution in [3.8, 4) is 0 Å². The molecule has 8 nitrogen and oxygen atoms in total. The van der Waals surface area contributed by atoms with Crippen molar-refractivity contribution in [3.05, 3.63) is 47.4 Å². The Bertz CT molecular complexity index is 1080. The van der Waals surface area contributed by atoms with Gasteiger partial charge in [-0.05, 0) is 18.9 Å². The van der Waals surface area contributed by atoms with Gasteiger partial charge in [-0.3, -0.25) is 4.68 Å². The third-order valence-electron chi connectivity index (χ3n) is 6.05. The van der Waals surface area contributed by atoms with E-state index < -0.39 is 0 Å². The van der Waals surface area contributed by atoms with E-state index in [-0.39, 0.29) is 17.3 Å². The Morgan fingerprint density at radius 3 is 2.67 bits per heavy atom. The Labute approximate surface area is 181 Å². The predicted molar refractivity (Wildman–Crippen MR) is 113 cm³/mol. The minimum atomic E-state index is -0.329. The van der Waals surface area contributed by atoms with Gasteiger partial charge in [-0.15, -0.1) is 0 Å². The van der Waals surface area contributed by atoms with Gasteiger partial charge in [0.05, 0.1) is 35.3 Å². The van der Waals surface area contributed by atoms with Crippen molar-refractivity contribution in [2.24, 2.45) is 11.1 Å². The number of hydrogen-bond donors (Lipinski definition) is 2. The number of halogens is 2. The van der Waals surface area contributed by atoms with Gasteiger partial charge in [-0.25, -0.2) is 19.3 Å². The molecule has 3 aromatic rings. The van der Waals surface area contributed by atoms with Gasteiger partial charge in [0.1, 0.15) is 16.7 Å². The lowest BCUT2D eigenvalue weighted by molar-refractivity contribution is 0.169. The summed E-state index contributed by atoms with van der Waals surface area (Å²) in [7, 11) is 0. The fourth-order valence-corrected chi connectivity index (χ4v) is 5.29. The van der Waals surface area contributed by atoms with Crippen molar-refractivity contribution < 1.29 is 4.39 Å². The van der Waals surface area contributed by atoms with Gasteiger partial charge in [0.25, 0.3) is 0 Å². The fraction of sp³-hybridized carbons (Fsp3) is 0.368. The molecule has 1 saturated heterocycles. The molecule has 3 aromatic heterocycles. The molecule has 0 bridgehead atoms. The Morgan fingerprint density at radius 1 is 1.17 bits per heavy atom. The highest BCUT2D eigenvalue weighted by Crippen LogP contribution is 2.48. The molecular weight excluding hydrogens is 427 g/mol. The maximum Gasteiger partial charge on any atom is 0.165 e.